The molecular weight excluding hydrogens is 164 g/mol. The van der Waals surface area contributed by atoms with Gasteiger partial charge in [-0.3, -0.25) is 9.59 Å². The van der Waals surface area contributed by atoms with Gasteiger partial charge in [-0.1, -0.05) is 33.1 Å². The van der Waals surface area contributed by atoms with Crippen molar-refractivity contribution in [3.63, 3.8) is 0 Å². The monoisotopic (exact) mass is 184 g/mol. The Hall–Kier alpha value is -0.660. The maximum Gasteiger partial charge on any atom is 0.198 e. The topological polar surface area (TPSA) is 34.1 Å². The molecular formula is C11H20O2. The Morgan fingerprint density at radius 3 is 1.92 bits per heavy atom. The molecule has 0 aliphatic carbocycles. The lowest BCUT2D eigenvalue weighted by Gasteiger charge is -1.98. The van der Waals surface area contributed by atoms with Crippen LogP contribution in [-0.4, -0.2) is 11.6 Å². The molecule has 0 saturated heterocycles. The largest absolute Gasteiger partial charge is 0.291 e. The van der Waals surface area contributed by atoms with Crippen LogP contribution in [0.25, 0.3) is 0 Å². The highest BCUT2D eigenvalue weighted by molar-refractivity contribution is 6.37. The van der Waals surface area contributed by atoms with Gasteiger partial charge in [-0.05, 0) is 12.8 Å². The Kier molecular flexibility index (Phi) is 7.56. The van der Waals surface area contributed by atoms with E-state index in [4.69, 9.17) is 0 Å². The minimum absolute atomic E-state index is 0.169. The van der Waals surface area contributed by atoms with Gasteiger partial charge in [0.1, 0.15) is 0 Å². The van der Waals surface area contributed by atoms with Gasteiger partial charge in [-0.2, -0.15) is 0 Å². The first-order chi connectivity index (χ1) is 6.22. The molecule has 0 fully saturated rings. The van der Waals surface area contributed by atoms with E-state index in [0.717, 1.165) is 32.1 Å². The SMILES string of the molecule is CCCCCCC(=O)C(=O)CCC. The number of ketones is 2. The van der Waals surface area contributed by atoms with Crippen molar-refractivity contribution in [1.82, 2.24) is 0 Å². The third-order valence-corrected chi connectivity index (χ3v) is 2.05. The molecule has 0 bridgehead atoms. The fraction of sp³-hybridized carbons (Fsp3) is 0.818. The highest BCUT2D eigenvalue weighted by atomic mass is 16.2. The van der Waals surface area contributed by atoms with Crippen LogP contribution in [0.1, 0.15) is 58.8 Å². The van der Waals surface area contributed by atoms with E-state index in [9.17, 15) is 9.59 Å². The second-order valence-electron chi connectivity index (χ2n) is 3.41. The van der Waals surface area contributed by atoms with Gasteiger partial charge in [0, 0.05) is 12.8 Å². The summed E-state index contributed by atoms with van der Waals surface area (Å²) in [5, 5.41) is 0. The first kappa shape index (κ1) is 12.3. The number of unbranched alkanes of at least 4 members (excludes halogenated alkanes) is 3. The summed E-state index contributed by atoms with van der Waals surface area (Å²) in [6, 6.07) is 0. The number of Topliss-reactive ketones (excluding diaryl/α,β-unsaturated/α-hetero) is 2. The standard InChI is InChI=1S/C11H20O2/c1-3-5-6-7-9-11(13)10(12)8-4-2/h3-9H2,1-2H3. The zero-order valence-corrected chi connectivity index (χ0v) is 8.77. The van der Waals surface area contributed by atoms with Gasteiger partial charge in [0.25, 0.3) is 0 Å². The van der Waals surface area contributed by atoms with E-state index in [1.165, 1.54) is 0 Å². The molecule has 2 nitrogen and oxygen atoms in total. The van der Waals surface area contributed by atoms with Crippen LogP contribution in [0.15, 0.2) is 0 Å². The van der Waals surface area contributed by atoms with Gasteiger partial charge in [-0.15, -0.1) is 0 Å². The first-order valence-corrected chi connectivity index (χ1v) is 5.28. The molecule has 0 heterocycles. The third kappa shape index (κ3) is 6.50. The fourth-order valence-corrected chi connectivity index (χ4v) is 1.22. The number of hydrogen-bond acceptors (Lipinski definition) is 2. The summed E-state index contributed by atoms with van der Waals surface area (Å²) in [5.74, 6) is -0.350. The third-order valence-electron chi connectivity index (χ3n) is 2.05. The highest BCUT2D eigenvalue weighted by Gasteiger charge is 2.10. The van der Waals surface area contributed by atoms with Crippen LogP contribution in [0.2, 0.25) is 0 Å². The van der Waals surface area contributed by atoms with Crippen LogP contribution in [0.3, 0.4) is 0 Å². The zero-order valence-electron chi connectivity index (χ0n) is 8.77. The Morgan fingerprint density at radius 1 is 0.769 bits per heavy atom. The van der Waals surface area contributed by atoms with Crippen LogP contribution < -0.4 is 0 Å². The quantitative estimate of drug-likeness (QED) is 0.429. The van der Waals surface area contributed by atoms with Crippen LogP contribution >= 0.6 is 0 Å². The molecule has 0 saturated carbocycles. The van der Waals surface area contributed by atoms with Crippen LogP contribution in [0.4, 0.5) is 0 Å². The minimum Gasteiger partial charge on any atom is -0.291 e. The van der Waals surface area contributed by atoms with E-state index in [1.54, 1.807) is 0 Å². The van der Waals surface area contributed by atoms with Crippen molar-refractivity contribution in [2.75, 3.05) is 0 Å². The molecule has 0 aromatic rings. The summed E-state index contributed by atoms with van der Waals surface area (Å²) in [6.07, 6.45) is 5.93. The summed E-state index contributed by atoms with van der Waals surface area (Å²) in [6.45, 7) is 4.05. The predicted octanol–water partition coefficient (Wildman–Crippen LogP) is 2.90. The van der Waals surface area contributed by atoms with Crippen molar-refractivity contribution < 1.29 is 9.59 Å². The molecule has 0 aliphatic rings. The van der Waals surface area contributed by atoms with Crippen molar-refractivity contribution in [3.8, 4) is 0 Å². The number of carbonyl (C=O) groups excluding carboxylic acids is 2. The molecule has 13 heavy (non-hydrogen) atoms. The van der Waals surface area contributed by atoms with Crippen molar-refractivity contribution in [2.24, 2.45) is 0 Å². The van der Waals surface area contributed by atoms with E-state index in [0.29, 0.717) is 12.8 Å². The summed E-state index contributed by atoms with van der Waals surface area (Å²) >= 11 is 0. The van der Waals surface area contributed by atoms with Crippen molar-refractivity contribution in [1.29, 1.82) is 0 Å². The number of rotatable bonds is 8. The second kappa shape index (κ2) is 7.96. The Morgan fingerprint density at radius 2 is 1.38 bits per heavy atom. The lowest BCUT2D eigenvalue weighted by atomic mass is 10.1. The van der Waals surface area contributed by atoms with E-state index in [-0.39, 0.29) is 11.6 Å². The molecule has 0 N–H and O–H groups in total. The van der Waals surface area contributed by atoms with Gasteiger partial charge in [0.15, 0.2) is 11.6 Å². The van der Waals surface area contributed by atoms with Crippen LogP contribution in [-0.2, 0) is 9.59 Å². The second-order valence-corrected chi connectivity index (χ2v) is 3.41. The van der Waals surface area contributed by atoms with E-state index in [1.807, 2.05) is 6.92 Å². The van der Waals surface area contributed by atoms with Crippen LogP contribution in [0.5, 0.6) is 0 Å². The minimum atomic E-state index is -0.181. The van der Waals surface area contributed by atoms with Gasteiger partial charge >= 0.3 is 0 Å². The summed E-state index contributed by atoms with van der Waals surface area (Å²) in [7, 11) is 0. The maximum absolute atomic E-state index is 11.1. The van der Waals surface area contributed by atoms with E-state index >= 15 is 0 Å². The average molecular weight is 184 g/mol. The van der Waals surface area contributed by atoms with E-state index < -0.39 is 0 Å². The molecule has 0 atom stereocenters. The molecule has 0 rings (SSSR count). The molecule has 0 aromatic carbocycles. The summed E-state index contributed by atoms with van der Waals surface area (Å²) in [5.41, 5.74) is 0. The van der Waals surface area contributed by atoms with E-state index in [2.05, 4.69) is 6.92 Å². The Balaban J connectivity index is 3.44. The summed E-state index contributed by atoms with van der Waals surface area (Å²) < 4.78 is 0. The Bertz CT molecular complexity index is 161. The van der Waals surface area contributed by atoms with Crippen molar-refractivity contribution >= 4 is 11.6 Å². The molecule has 0 unspecified atom stereocenters. The number of carbonyl (C=O) groups is 2. The lowest BCUT2D eigenvalue weighted by Crippen LogP contribution is -2.12. The lowest BCUT2D eigenvalue weighted by molar-refractivity contribution is -0.136. The Labute approximate surface area is 80.7 Å². The highest BCUT2D eigenvalue weighted by Crippen LogP contribution is 2.04. The number of hydrogen-bond donors (Lipinski definition) is 0. The average Bonchev–Trinajstić information content (AvgIpc) is 2.12. The fourth-order valence-electron chi connectivity index (χ4n) is 1.22. The van der Waals surface area contributed by atoms with Gasteiger partial charge in [0.2, 0.25) is 0 Å². The molecule has 76 valence electrons. The molecule has 0 aromatic heterocycles. The normalized spacial score (nSPS) is 10.0. The first-order valence-electron chi connectivity index (χ1n) is 5.28. The molecule has 0 spiro atoms. The molecule has 0 amide bonds. The van der Waals surface area contributed by atoms with Crippen LogP contribution in [0, 0.1) is 0 Å². The van der Waals surface area contributed by atoms with Crippen molar-refractivity contribution in [3.05, 3.63) is 0 Å². The molecule has 0 aliphatic heterocycles. The van der Waals surface area contributed by atoms with Gasteiger partial charge in [0.05, 0.1) is 0 Å². The van der Waals surface area contributed by atoms with Gasteiger partial charge in [-0.25, -0.2) is 0 Å². The maximum atomic E-state index is 11.1. The smallest absolute Gasteiger partial charge is 0.198 e. The van der Waals surface area contributed by atoms with Crippen molar-refractivity contribution in [2.45, 2.75) is 58.8 Å². The molecule has 2 heteroatoms. The zero-order chi connectivity index (χ0) is 10.1. The van der Waals surface area contributed by atoms with Gasteiger partial charge < -0.3 is 0 Å². The summed E-state index contributed by atoms with van der Waals surface area (Å²) in [4.78, 5) is 22.2. The predicted molar refractivity (Wildman–Crippen MR) is 53.7 cm³/mol. The molecule has 0 radical (unpaired) electrons.